The number of anilines is 4. The van der Waals surface area contributed by atoms with Gasteiger partial charge in [-0.2, -0.15) is 13.2 Å². The van der Waals surface area contributed by atoms with Gasteiger partial charge in [0.2, 0.25) is 0 Å². The fourth-order valence-corrected chi connectivity index (χ4v) is 5.15. The fourth-order valence-electron chi connectivity index (χ4n) is 4.43. The third-order valence-corrected chi connectivity index (χ3v) is 7.57. The SMILES string of the molecule is Cc1ccc(NC(=O)c2ccc(CN3CCNCC3)c(C(F)(F)F)c2)cc1NC(=O)c1cnc(Nc2ccccn2)s1. The zero-order chi connectivity index (χ0) is 29.7. The molecule has 0 bridgehead atoms. The van der Waals surface area contributed by atoms with Gasteiger partial charge in [0.1, 0.15) is 10.7 Å². The van der Waals surface area contributed by atoms with Crippen LogP contribution < -0.4 is 21.3 Å². The smallest absolute Gasteiger partial charge is 0.322 e. The highest BCUT2D eigenvalue weighted by Gasteiger charge is 2.34. The molecule has 13 heteroatoms. The minimum Gasteiger partial charge on any atom is -0.322 e. The molecule has 2 aromatic heterocycles. The lowest BCUT2D eigenvalue weighted by molar-refractivity contribution is -0.138. The van der Waals surface area contributed by atoms with Crippen molar-refractivity contribution in [3.8, 4) is 0 Å². The van der Waals surface area contributed by atoms with E-state index in [0.717, 1.165) is 36.1 Å². The Hall–Kier alpha value is -4.33. The number of nitrogens with one attached hydrogen (secondary N) is 4. The molecule has 218 valence electrons. The number of aromatic nitrogens is 2. The van der Waals surface area contributed by atoms with Crippen LogP contribution in [-0.4, -0.2) is 52.9 Å². The van der Waals surface area contributed by atoms with Crippen LogP contribution in [0.3, 0.4) is 0 Å². The van der Waals surface area contributed by atoms with E-state index in [1.54, 1.807) is 43.5 Å². The van der Waals surface area contributed by atoms with Gasteiger partial charge in [-0.25, -0.2) is 9.97 Å². The maximum atomic E-state index is 13.9. The molecular weight excluding hydrogens is 567 g/mol. The highest BCUT2D eigenvalue weighted by atomic mass is 32.1. The molecular formula is C29H28F3N7O2S. The van der Waals surface area contributed by atoms with Crippen LogP contribution in [0.25, 0.3) is 0 Å². The van der Waals surface area contributed by atoms with E-state index in [9.17, 15) is 22.8 Å². The van der Waals surface area contributed by atoms with Gasteiger partial charge in [-0.3, -0.25) is 14.5 Å². The van der Waals surface area contributed by atoms with E-state index >= 15 is 0 Å². The van der Waals surface area contributed by atoms with Crippen molar-refractivity contribution >= 4 is 45.5 Å². The molecule has 0 radical (unpaired) electrons. The van der Waals surface area contributed by atoms with Gasteiger partial charge in [-0.1, -0.05) is 29.5 Å². The van der Waals surface area contributed by atoms with E-state index in [-0.39, 0.29) is 17.7 Å². The molecule has 42 heavy (non-hydrogen) atoms. The second kappa shape index (κ2) is 12.7. The third kappa shape index (κ3) is 7.29. The number of halogens is 3. The number of alkyl halides is 3. The number of thiazole rings is 1. The number of rotatable bonds is 8. The van der Waals surface area contributed by atoms with Gasteiger partial charge in [-0.15, -0.1) is 0 Å². The molecule has 0 unspecified atom stereocenters. The van der Waals surface area contributed by atoms with Crippen molar-refractivity contribution < 1.29 is 22.8 Å². The molecule has 1 aliphatic heterocycles. The van der Waals surface area contributed by atoms with E-state index in [1.165, 1.54) is 18.3 Å². The van der Waals surface area contributed by atoms with Crippen molar-refractivity contribution in [3.05, 3.63) is 94.1 Å². The maximum absolute atomic E-state index is 13.9. The topological polar surface area (TPSA) is 111 Å². The molecule has 1 aliphatic rings. The number of aryl methyl sites for hydroxylation is 1. The van der Waals surface area contributed by atoms with Crippen LogP contribution in [0.1, 0.15) is 36.7 Å². The van der Waals surface area contributed by atoms with Gasteiger partial charge in [0, 0.05) is 55.9 Å². The van der Waals surface area contributed by atoms with Crippen LogP contribution in [-0.2, 0) is 12.7 Å². The molecule has 0 aliphatic carbocycles. The quantitative estimate of drug-likeness (QED) is 0.212. The molecule has 0 spiro atoms. The Kier molecular flexibility index (Phi) is 8.80. The normalized spacial score (nSPS) is 13.9. The Bertz CT molecular complexity index is 1570. The predicted octanol–water partition coefficient (Wildman–Crippen LogP) is 5.52. The molecule has 0 atom stereocenters. The minimum absolute atomic E-state index is 0.116. The molecule has 3 heterocycles. The first-order chi connectivity index (χ1) is 20.2. The number of pyridine rings is 1. The number of hydrogen-bond acceptors (Lipinski definition) is 8. The van der Waals surface area contributed by atoms with Crippen LogP contribution in [0, 0.1) is 6.92 Å². The van der Waals surface area contributed by atoms with Crippen molar-refractivity contribution in [2.24, 2.45) is 0 Å². The Balaban J connectivity index is 1.27. The van der Waals surface area contributed by atoms with Crippen LogP contribution in [0.5, 0.6) is 0 Å². The average molecular weight is 596 g/mol. The summed E-state index contributed by atoms with van der Waals surface area (Å²) in [6.07, 6.45) is -1.53. The summed E-state index contributed by atoms with van der Waals surface area (Å²) >= 11 is 1.15. The van der Waals surface area contributed by atoms with E-state index in [2.05, 4.69) is 31.2 Å². The van der Waals surface area contributed by atoms with Gasteiger partial charge in [0.25, 0.3) is 11.8 Å². The minimum atomic E-state index is -4.61. The first-order valence-corrected chi connectivity index (χ1v) is 14.0. The Morgan fingerprint density at radius 3 is 2.55 bits per heavy atom. The van der Waals surface area contributed by atoms with E-state index in [1.807, 2.05) is 11.0 Å². The van der Waals surface area contributed by atoms with Crippen molar-refractivity contribution in [3.63, 3.8) is 0 Å². The summed E-state index contributed by atoms with van der Waals surface area (Å²) in [6.45, 7) is 4.68. The lowest BCUT2D eigenvalue weighted by Crippen LogP contribution is -2.43. The Morgan fingerprint density at radius 1 is 1.00 bits per heavy atom. The Labute approximate surface area is 244 Å². The van der Waals surface area contributed by atoms with Crippen LogP contribution in [0.15, 0.2) is 67.0 Å². The fraction of sp³-hybridized carbons (Fsp3) is 0.241. The number of carbonyl (C=O) groups is 2. The molecule has 5 rings (SSSR count). The second-order valence-electron chi connectivity index (χ2n) is 9.70. The highest BCUT2D eigenvalue weighted by Crippen LogP contribution is 2.34. The van der Waals surface area contributed by atoms with Crippen molar-refractivity contribution in [1.29, 1.82) is 0 Å². The van der Waals surface area contributed by atoms with E-state index in [4.69, 9.17) is 0 Å². The van der Waals surface area contributed by atoms with Gasteiger partial charge >= 0.3 is 6.18 Å². The van der Waals surface area contributed by atoms with E-state index in [0.29, 0.717) is 40.3 Å². The molecule has 2 aromatic carbocycles. The second-order valence-corrected chi connectivity index (χ2v) is 10.7. The molecule has 9 nitrogen and oxygen atoms in total. The molecule has 2 amide bonds. The summed E-state index contributed by atoms with van der Waals surface area (Å²) in [6, 6.07) is 13.9. The molecule has 0 saturated carbocycles. The summed E-state index contributed by atoms with van der Waals surface area (Å²) in [5, 5.41) is 12.2. The third-order valence-electron chi connectivity index (χ3n) is 6.65. The highest BCUT2D eigenvalue weighted by molar-refractivity contribution is 7.17. The summed E-state index contributed by atoms with van der Waals surface area (Å²) < 4.78 is 41.8. The molecule has 4 aromatic rings. The van der Waals surface area contributed by atoms with Crippen LogP contribution >= 0.6 is 11.3 Å². The summed E-state index contributed by atoms with van der Waals surface area (Å²) in [5.41, 5.74) is 0.674. The number of nitrogens with zero attached hydrogens (tertiary/aromatic N) is 3. The average Bonchev–Trinajstić information content (AvgIpc) is 3.44. The number of piperazine rings is 1. The summed E-state index contributed by atoms with van der Waals surface area (Å²) in [4.78, 5) is 36.6. The maximum Gasteiger partial charge on any atom is 0.416 e. The summed E-state index contributed by atoms with van der Waals surface area (Å²) in [5.74, 6) is -0.499. The molecule has 4 N–H and O–H groups in total. The predicted molar refractivity (Wildman–Crippen MR) is 156 cm³/mol. The van der Waals surface area contributed by atoms with Gasteiger partial charge in [-0.05, 0) is 54.4 Å². The van der Waals surface area contributed by atoms with E-state index < -0.39 is 23.6 Å². The Morgan fingerprint density at radius 2 is 1.81 bits per heavy atom. The van der Waals surface area contributed by atoms with Gasteiger partial charge in [0.15, 0.2) is 5.13 Å². The number of benzene rings is 2. The first kappa shape index (κ1) is 29.2. The zero-order valence-corrected chi connectivity index (χ0v) is 23.4. The molecule has 1 fully saturated rings. The zero-order valence-electron chi connectivity index (χ0n) is 22.6. The van der Waals surface area contributed by atoms with Crippen molar-refractivity contribution in [1.82, 2.24) is 20.2 Å². The lowest BCUT2D eigenvalue weighted by atomic mass is 10.0. The van der Waals surface area contributed by atoms with Crippen LogP contribution in [0.4, 0.5) is 35.5 Å². The standard InChI is InChI=1S/C29H28F3N7O2S/c1-18-5-8-21(15-23(18)37-27(41)24-16-35-28(42-24)38-25-4-2-3-9-34-25)36-26(40)19-6-7-20(22(14-19)29(30,31)32)17-39-12-10-33-11-13-39/h2-9,14-16,33H,10-13,17H2,1H3,(H,36,40)(H,37,41)(H,34,35,38). The van der Waals surface area contributed by atoms with Crippen molar-refractivity contribution in [2.45, 2.75) is 19.6 Å². The number of carbonyl (C=O) groups excluding carboxylic acids is 2. The largest absolute Gasteiger partial charge is 0.416 e. The van der Waals surface area contributed by atoms with Crippen molar-refractivity contribution in [2.75, 3.05) is 42.1 Å². The van der Waals surface area contributed by atoms with Crippen LogP contribution in [0.2, 0.25) is 0 Å². The monoisotopic (exact) mass is 595 g/mol. The van der Waals surface area contributed by atoms with Gasteiger partial charge in [0.05, 0.1) is 11.8 Å². The lowest BCUT2D eigenvalue weighted by Gasteiger charge is -2.28. The molecule has 1 saturated heterocycles. The van der Waals surface area contributed by atoms with Gasteiger partial charge < -0.3 is 21.3 Å². The first-order valence-electron chi connectivity index (χ1n) is 13.2. The summed E-state index contributed by atoms with van der Waals surface area (Å²) in [7, 11) is 0. The number of amides is 2. The number of hydrogen-bond donors (Lipinski definition) is 4.